The van der Waals surface area contributed by atoms with Crippen LogP contribution >= 0.6 is 0 Å². The van der Waals surface area contributed by atoms with E-state index in [4.69, 9.17) is 33.2 Å². The molecule has 0 amide bonds. The van der Waals surface area contributed by atoms with Gasteiger partial charge in [-0.1, -0.05) is 6.92 Å². The molecule has 0 radical (unpaired) electrons. The molecule has 1 heterocycles. The van der Waals surface area contributed by atoms with Gasteiger partial charge in [0.15, 0.2) is 0 Å². The lowest BCUT2D eigenvalue weighted by atomic mass is 9.43. The summed E-state index contributed by atoms with van der Waals surface area (Å²) in [5.74, 6) is -0.299. The van der Waals surface area contributed by atoms with Crippen LogP contribution in [0.4, 0.5) is 0 Å². The van der Waals surface area contributed by atoms with Gasteiger partial charge in [0.25, 0.3) is 0 Å². The third-order valence-corrected chi connectivity index (χ3v) is 13.2. The maximum Gasteiger partial charge on any atom is 0.338 e. The van der Waals surface area contributed by atoms with E-state index >= 15 is 0 Å². The molecule has 7 bridgehead atoms. The van der Waals surface area contributed by atoms with Crippen molar-refractivity contribution in [2.75, 3.05) is 55.2 Å². The van der Waals surface area contributed by atoms with E-state index in [9.17, 15) is 9.59 Å². The van der Waals surface area contributed by atoms with Gasteiger partial charge >= 0.3 is 11.9 Å². The SMILES string of the molecule is CCN1C[C@@]2(COC)CC[C@@H](OC)[C@]34[C@@H]5C[C@H]6[C@@H](OC(=O)c7ccc(OC)cc7)[C@@H]5[C@](OC(C)=O)(C[C@@H]6OC)[C@H]([C@@H](OC)[C@@H]23)[C@H]14. The number of likely N-dealkylation sites (tertiary alicyclic amines) is 1. The second-order valence-corrected chi connectivity index (χ2v) is 14.4. The zero-order valence-electron chi connectivity index (χ0n) is 27.7. The number of esters is 2. The minimum absolute atomic E-state index is 0.0203. The Labute approximate surface area is 266 Å². The number of carbonyl (C=O) groups excluding carboxylic acids is 2. The molecule has 5 saturated carbocycles. The Kier molecular flexibility index (Phi) is 7.80. The fourth-order valence-corrected chi connectivity index (χ4v) is 12.4. The van der Waals surface area contributed by atoms with Gasteiger partial charge in [-0.25, -0.2) is 4.79 Å². The Hall–Kier alpha value is -2.24. The summed E-state index contributed by atoms with van der Waals surface area (Å²) in [6, 6.07) is 7.07. The van der Waals surface area contributed by atoms with E-state index < -0.39 is 17.7 Å². The normalized spacial score (nSPS) is 45.7. The van der Waals surface area contributed by atoms with E-state index in [1.807, 2.05) is 14.2 Å². The van der Waals surface area contributed by atoms with Crippen molar-refractivity contribution >= 4 is 11.9 Å². The van der Waals surface area contributed by atoms with Gasteiger partial charge in [0, 0.05) is 88.9 Å². The average Bonchev–Trinajstić information content (AvgIpc) is 3.46. The summed E-state index contributed by atoms with van der Waals surface area (Å²) >= 11 is 0. The van der Waals surface area contributed by atoms with Crippen LogP contribution in [0.3, 0.4) is 0 Å². The summed E-state index contributed by atoms with van der Waals surface area (Å²) < 4.78 is 44.1. The molecular formula is C35H49NO9. The van der Waals surface area contributed by atoms with E-state index in [1.54, 1.807) is 45.6 Å². The molecule has 0 aromatic heterocycles. The summed E-state index contributed by atoms with van der Waals surface area (Å²) in [6.45, 7) is 6.11. The fourth-order valence-electron chi connectivity index (χ4n) is 12.4. The number of hydrogen-bond donors (Lipinski definition) is 0. The first-order valence-corrected chi connectivity index (χ1v) is 16.6. The molecule has 1 aromatic carbocycles. The van der Waals surface area contributed by atoms with Crippen molar-refractivity contribution in [3.05, 3.63) is 29.8 Å². The molecule has 13 atom stereocenters. The summed E-state index contributed by atoms with van der Waals surface area (Å²) in [4.78, 5) is 29.7. The largest absolute Gasteiger partial charge is 0.497 e. The van der Waals surface area contributed by atoms with Gasteiger partial charge in [-0.15, -0.1) is 0 Å². The summed E-state index contributed by atoms with van der Waals surface area (Å²) in [7, 11) is 8.77. The van der Waals surface area contributed by atoms with Crippen LogP contribution in [0.1, 0.15) is 49.9 Å². The van der Waals surface area contributed by atoms with Crippen LogP contribution in [0.25, 0.3) is 0 Å². The number of piperidine rings is 1. The van der Waals surface area contributed by atoms with E-state index in [0.717, 1.165) is 32.4 Å². The second-order valence-electron chi connectivity index (χ2n) is 14.4. The minimum Gasteiger partial charge on any atom is -0.497 e. The minimum atomic E-state index is -0.947. The third kappa shape index (κ3) is 3.98. The molecule has 10 nitrogen and oxygen atoms in total. The molecule has 1 saturated heterocycles. The van der Waals surface area contributed by atoms with Crippen molar-refractivity contribution in [1.29, 1.82) is 0 Å². The fraction of sp³-hybridized carbons (Fsp3) is 0.771. The van der Waals surface area contributed by atoms with E-state index in [0.29, 0.717) is 24.3 Å². The lowest BCUT2D eigenvalue weighted by molar-refractivity contribution is -0.280. The molecule has 10 heteroatoms. The highest BCUT2D eigenvalue weighted by molar-refractivity contribution is 5.89. The topological polar surface area (TPSA) is 102 Å². The number of nitrogens with zero attached hydrogens (tertiary/aromatic N) is 1. The monoisotopic (exact) mass is 627 g/mol. The molecule has 0 N–H and O–H groups in total. The Morgan fingerprint density at radius 3 is 2.33 bits per heavy atom. The highest BCUT2D eigenvalue weighted by Gasteiger charge is 2.88. The summed E-state index contributed by atoms with van der Waals surface area (Å²) in [5.41, 5.74) is -0.937. The number of fused-ring (bicyclic) bond motifs is 2. The first-order chi connectivity index (χ1) is 21.7. The molecule has 248 valence electrons. The zero-order chi connectivity index (χ0) is 31.9. The van der Waals surface area contributed by atoms with E-state index in [2.05, 4.69) is 11.8 Å². The van der Waals surface area contributed by atoms with Crippen LogP contribution in [0.5, 0.6) is 5.75 Å². The molecule has 1 spiro atoms. The molecule has 5 aliphatic carbocycles. The molecule has 7 rings (SSSR count). The lowest BCUT2D eigenvalue weighted by Crippen LogP contribution is -2.77. The number of benzene rings is 1. The number of rotatable bonds is 10. The Morgan fingerprint density at radius 1 is 0.978 bits per heavy atom. The Morgan fingerprint density at radius 2 is 1.73 bits per heavy atom. The van der Waals surface area contributed by atoms with Crippen LogP contribution in [0.2, 0.25) is 0 Å². The molecule has 0 unspecified atom stereocenters. The van der Waals surface area contributed by atoms with Gasteiger partial charge in [0.05, 0.1) is 37.6 Å². The van der Waals surface area contributed by atoms with Crippen molar-refractivity contribution in [1.82, 2.24) is 4.90 Å². The Bertz CT molecular complexity index is 1310. The standard InChI is InChI=1S/C35H49NO9/c1-8-36-17-33(18-39-3)14-13-25(42-6)35-23-15-22-24(41-5)16-34(45-19(2)37,27(31(35)36)29(43-7)30(33)35)26(23)28(22)44-32(38)20-9-11-21(40-4)12-10-20/h9-12,22-31H,8,13-18H2,1-7H3/t22-,23-,24+,25-,26-,27-,28-,29-,30+,31+,33-,34-,35-/m1/s1. The molecule has 1 aromatic rings. The van der Waals surface area contributed by atoms with Gasteiger partial charge in [-0.2, -0.15) is 0 Å². The molecule has 1 aliphatic heterocycles. The lowest BCUT2D eigenvalue weighted by Gasteiger charge is -2.69. The van der Waals surface area contributed by atoms with Crippen molar-refractivity contribution in [3.8, 4) is 5.75 Å². The van der Waals surface area contributed by atoms with Crippen molar-refractivity contribution in [3.63, 3.8) is 0 Å². The van der Waals surface area contributed by atoms with Gasteiger partial charge in [-0.05, 0) is 56.0 Å². The maximum absolute atomic E-state index is 13.8. The molecule has 6 fully saturated rings. The second kappa shape index (κ2) is 11.2. The number of methoxy groups -OCH3 is 5. The van der Waals surface area contributed by atoms with Gasteiger partial charge in [0.1, 0.15) is 17.5 Å². The van der Waals surface area contributed by atoms with Crippen molar-refractivity contribution in [2.24, 2.45) is 40.4 Å². The van der Waals surface area contributed by atoms with Crippen LogP contribution in [-0.4, -0.2) is 108 Å². The quantitative estimate of drug-likeness (QED) is 0.358. The highest BCUT2D eigenvalue weighted by atomic mass is 16.6. The average molecular weight is 628 g/mol. The van der Waals surface area contributed by atoms with Crippen LogP contribution < -0.4 is 4.74 Å². The van der Waals surface area contributed by atoms with Crippen LogP contribution in [0.15, 0.2) is 24.3 Å². The van der Waals surface area contributed by atoms with Crippen molar-refractivity contribution in [2.45, 2.75) is 75.6 Å². The number of ether oxygens (including phenoxy) is 7. The smallest absolute Gasteiger partial charge is 0.338 e. The summed E-state index contributed by atoms with van der Waals surface area (Å²) in [5, 5.41) is 0. The summed E-state index contributed by atoms with van der Waals surface area (Å²) in [6.07, 6.45) is 2.27. The molecule has 6 aliphatic rings. The Balaban J connectivity index is 1.43. The number of carbonyl (C=O) groups is 2. The van der Waals surface area contributed by atoms with Crippen LogP contribution in [0, 0.1) is 40.4 Å². The van der Waals surface area contributed by atoms with E-state index in [1.165, 1.54) is 6.92 Å². The first kappa shape index (κ1) is 31.4. The van der Waals surface area contributed by atoms with Gasteiger partial charge in [-0.3, -0.25) is 9.69 Å². The first-order valence-electron chi connectivity index (χ1n) is 16.6. The zero-order valence-corrected chi connectivity index (χ0v) is 27.7. The predicted octanol–water partition coefficient (Wildman–Crippen LogP) is 3.60. The third-order valence-electron chi connectivity index (χ3n) is 13.2. The highest BCUT2D eigenvalue weighted by Crippen LogP contribution is 2.80. The molecular weight excluding hydrogens is 578 g/mol. The predicted molar refractivity (Wildman–Crippen MR) is 163 cm³/mol. The maximum atomic E-state index is 13.8. The van der Waals surface area contributed by atoms with Gasteiger partial charge in [0.2, 0.25) is 0 Å². The van der Waals surface area contributed by atoms with E-state index in [-0.39, 0.29) is 70.7 Å². The van der Waals surface area contributed by atoms with Crippen LogP contribution in [-0.2, 0) is 33.2 Å². The van der Waals surface area contributed by atoms with Crippen molar-refractivity contribution < 1.29 is 42.7 Å². The molecule has 45 heavy (non-hydrogen) atoms. The number of hydrogen-bond acceptors (Lipinski definition) is 10. The van der Waals surface area contributed by atoms with Gasteiger partial charge < -0.3 is 33.2 Å².